The summed E-state index contributed by atoms with van der Waals surface area (Å²) < 4.78 is 5.58. The van der Waals surface area contributed by atoms with Crippen molar-refractivity contribution in [1.29, 1.82) is 0 Å². The van der Waals surface area contributed by atoms with E-state index in [1.165, 1.54) is 18.2 Å². The number of aliphatic hydroxyl groups is 2. The lowest BCUT2D eigenvalue weighted by molar-refractivity contribution is -0.130. The zero-order valence-electron chi connectivity index (χ0n) is 15.3. The van der Waals surface area contributed by atoms with Crippen molar-refractivity contribution in [3.05, 3.63) is 50.7 Å². The molecule has 0 amide bonds. The van der Waals surface area contributed by atoms with Crippen LogP contribution in [0, 0.1) is 0 Å². The average Bonchev–Trinajstić information content (AvgIpc) is 2.65. The van der Waals surface area contributed by atoms with Gasteiger partial charge in [-0.15, -0.1) is 5.10 Å². The molecule has 1 aromatic carbocycles. The number of allylic oxidation sites excluding steroid dienone is 1. The Hall–Kier alpha value is -2.96. The van der Waals surface area contributed by atoms with Crippen molar-refractivity contribution in [3.63, 3.8) is 0 Å². The number of halogens is 2. The number of aliphatic carboxylic acids is 1. The van der Waals surface area contributed by atoms with Crippen molar-refractivity contribution in [2.45, 2.75) is 19.5 Å². The molecule has 1 aliphatic heterocycles. The number of anilines is 1. The van der Waals surface area contributed by atoms with Gasteiger partial charge in [0.2, 0.25) is 12.2 Å². The number of hydrogen-bond acceptors (Lipinski definition) is 9. The predicted molar refractivity (Wildman–Crippen MR) is 109 cm³/mol. The molecule has 2 atom stereocenters. The molecule has 30 heavy (non-hydrogen) atoms. The van der Waals surface area contributed by atoms with Crippen molar-refractivity contribution < 1.29 is 24.9 Å². The second-order valence-electron chi connectivity index (χ2n) is 6.15. The number of carbonyl (C=O) groups is 1. The Kier molecular flexibility index (Phi) is 6.10. The standard InChI is InChI=1S/C17H15Cl2N5O6/c1-6(2)8-5-11(21-22-14(8)25)30-13-9(18)3-7(4-10(13)19)24-17(29)20-15(26)12(23-24)16(27)28/h3-5,15,17,20,26,29H,1H2,2H3,(H,22,25)(H,27,28). The van der Waals surface area contributed by atoms with Gasteiger partial charge in [0.1, 0.15) is 0 Å². The Bertz CT molecular complexity index is 1100. The van der Waals surface area contributed by atoms with Crippen molar-refractivity contribution in [3.8, 4) is 11.6 Å². The highest BCUT2D eigenvalue weighted by molar-refractivity contribution is 6.38. The molecule has 5 N–H and O–H groups in total. The van der Waals surface area contributed by atoms with E-state index in [-0.39, 0.29) is 32.9 Å². The molecule has 0 radical (unpaired) electrons. The van der Waals surface area contributed by atoms with Crippen molar-refractivity contribution in [2.24, 2.45) is 5.10 Å². The van der Waals surface area contributed by atoms with Gasteiger partial charge in [0.05, 0.1) is 15.7 Å². The van der Waals surface area contributed by atoms with Crippen molar-refractivity contribution in [2.75, 3.05) is 5.01 Å². The molecule has 0 saturated carbocycles. The topological polar surface area (TPSA) is 160 Å². The number of H-pyrrole nitrogens is 1. The highest BCUT2D eigenvalue weighted by Crippen LogP contribution is 2.40. The lowest BCUT2D eigenvalue weighted by Gasteiger charge is -2.32. The van der Waals surface area contributed by atoms with E-state index < -0.39 is 29.8 Å². The molecule has 0 fully saturated rings. The third kappa shape index (κ3) is 4.30. The van der Waals surface area contributed by atoms with Crippen LogP contribution in [-0.2, 0) is 4.79 Å². The third-order valence-corrected chi connectivity index (χ3v) is 4.49. The SMILES string of the molecule is C=C(C)c1cc(Oc2c(Cl)cc(N3N=C(C(=O)O)C(O)NC3O)cc2Cl)n[nH]c1=O. The number of aromatic amines is 1. The molecule has 2 unspecified atom stereocenters. The maximum absolute atomic E-state index is 11.8. The molecule has 2 aromatic rings. The van der Waals surface area contributed by atoms with Gasteiger partial charge < -0.3 is 20.1 Å². The normalized spacial score (nSPS) is 18.7. The molecular weight excluding hydrogens is 441 g/mol. The summed E-state index contributed by atoms with van der Waals surface area (Å²) in [6.07, 6.45) is -3.22. The number of benzene rings is 1. The minimum absolute atomic E-state index is 0.00173. The zero-order chi connectivity index (χ0) is 22.2. The largest absolute Gasteiger partial charge is 0.477 e. The summed E-state index contributed by atoms with van der Waals surface area (Å²) in [7, 11) is 0. The predicted octanol–water partition coefficient (Wildman–Crippen LogP) is 1.35. The van der Waals surface area contributed by atoms with E-state index >= 15 is 0 Å². The average molecular weight is 456 g/mol. The number of hydrazone groups is 1. The second kappa shape index (κ2) is 8.42. The first-order valence-electron chi connectivity index (χ1n) is 8.24. The number of carboxylic acid groups (broad SMARTS) is 1. The van der Waals surface area contributed by atoms with E-state index in [4.69, 9.17) is 33.0 Å². The molecule has 0 aliphatic carbocycles. The number of hydrogen-bond donors (Lipinski definition) is 5. The zero-order valence-corrected chi connectivity index (χ0v) is 16.8. The van der Waals surface area contributed by atoms with E-state index in [1.807, 2.05) is 0 Å². The maximum atomic E-state index is 11.8. The molecule has 11 nitrogen and oxygen atoms in total. The van der Waals surface area contributed by atoms with Crippen LogP contribution in [0.3, 0.4) is 0 Å². The quantitative estimate of drug-likeness (QED) is 0.447. The van der Waals surface area contributed by atoms with Crippen LogP contribution >= 0.6 is 23.2 Å². The second-order valence-corrected chi connectivity index (χ2v) is 6.96. The van der Waals surface area contributed by atoms with Gasteiger partial charge in [0.15, 0.2) is 17.7 Å². The van der Waals surface area contributed by atoms with Crippen LogP contribution in [0.25, 0.3) is 5.57 Å². The summed E-state index contributed by atoms with van der Waals surface area (Å²) in [6, 6.07) is 3.98. The summed E-state index contributed by atoms with van der Waals surface area (Å²) in [5.41, 5.74) is -0.210. The van der Waals surface area contributed by atoms with Crippen molar-refractivity contribution in [1.82, 2.24) is 15.5 Å². The van der Waals surface area contributed by atoms with E-state index in [0.29, 0.717) is 5.57 Å². The van der Waals surface area contributed by atoms with E-state index in [9.17, 15) is 19.8 Å². The van der Waals surface area contributed by atoms with Gasteiger partial charge in [-0.1, -0.05) is 29.8 Å². The number of aliphatic hydroxyl groups excluding tert-OH is 2. The fraction of sp³-hybridized carbons (Fsp3) is 0.176. The van der Waals surface area contributed by atoms with Crippen LogP contribution in [0.15, 0.2) is 34.7 Å². The molecule has 1 aliphatic rings. The molecule has 0 spiro atoms. The van der Waals surface area contributed by atoms with Crippen molar-refractivity contribution >= 4 is 46.1 Å². The lowest BCUT2D eigenvalue weighted by Crippen LogP contribution is -2.57. The van der Waals surface area contributed by atoms with E-state index in [1.54, 1.807) is 6.92 Å². The van der Waals surface area contributed by atoms with Crippen LogP contribution in [0.2, 0.25) is 10.0 Å². The Morgan fingerprint density at radius 3 is 2.47 bits per heavy atom. The molecule has 2 heterocycles. The minimum atomic E-state index is -1.67. The first-order chi connectivity index (χ1) is 14.1. The molecule has 0 saturated heterocycles. The number of nitrogens with one attached hydrogen (secondary N) is 2. The highest BCUT2D eigenvalue weighted by atomic mass is 35.5. The summed E-state index contributed by atoms with van der Waals surface area (Å²) in [4.78, 5) is 22.9. The number of rotatable bonds is 5. The van der Waals surface area contributed by atoms with Gasteiger partial charge in [-0.05, 0) is 24.6 Å². The fourth-order valence-electron chi connectivity index (χ4n) is 2.51. The highest BCUT2D eigenvalue weighted by Gasteiger charge is 2.32. The molecule has 3 rings (SSSR count). The molecular formula is C17H15Cl2N5O6. The number of ether oxygens (including phenoxy) is 1. The first-order valence-corrected chi connectivity index (χ1v) is 8.99. The maximum Gasteiger partial charge on any atom is 0.356 e. The van der Waals surface area contributed by atoms with E-state index in [0.717, 1.165) is 5.01 Å². The van der Waals surface area contributed by atoms with Crippen LogP contribution < -0.4 is 20.6 Å². The smallest absolute Gasteiger partial charge is 0.356 e. The number of nitrogens with zero attached hydrogens (tertiary/aromatic N) is 3. The van der Waals surface area contributed by atoms with Crippen LogP contribution in [0.4, 0.5) is 5.69 Å². The van der Waals surface area contributed by atoms with Gasteiger partial charge in [0, 0.05) is 11.6 Å². The first kappa shape index (κ1) is 21.7. The van der Waals surface area contributed by atoms with Gasteiger partial charge >= 0.3 is 5.97 Å². The Balaban J connectivity index is 1.97. The summed E-state index contributed by atoms with van der Waals surface area (Å²) in [5.74, 6) is -1.49. The number of carboxylic acids is 1. The molecule has 13 heteroatoms. The van der Waals surface area contributed by atoms with Crippen LogP contribution in [0.5, 0.6) is 11.6 Å². The van der Waals surface area contributed by atoms with Gasteiger partial charge in [-0.2, -0.15) is 5.10 Å². The van der Waals surface area contributed by atoms with Gasteiger partial charge in [-0.25, -0.2) is 20.2 Å². The Morgan fingerprint density at radius 1 is 1.27 bits per heavy atom. The summed E-state index contributed by atoms with van der Waals surface area (Å²) in [6.45, 7) is 5.34. The molecule has 158 valence electrons. The Morgan fingerprint density at radius 2 is 1.90 bits per heavy atom. The molecule has 0 bridgehead atoms. The fourth-order valence-corrected chi connectivity index (χ4v) is 3.07. The van der Waals surface area contributed by atoms with Gasteiger partial charge in [0.25, 0.3) is 5.56 Å². The Labute approximate surface area is 178 Å². The lowest BCUT2D eigenvalue weighted by atomic mass is 10.2. The number of aromatic nitrogens is 2. The van der Waals surface area contributed by atoms with E-state index in [2.05, 4.69) is 27.2 Å². The summed E-state index contributed by atoms with van der Waals surface area (Å²) in [5, 5.41) is 41.7. The van der Waals surface area contributed by atoms with Crippen LogP contribution in [0.1, 0.15) is 12.5 Å². The minimum Gasteiger partial charge on any atom is -0.477 e. The van der Waals surface area contributed by atoms with Crippen LogP contribution in [-0.4, -0.2) is 49.8 Å². The third-order valence-electron chi connectivity index (χ3n) is 3.93. The molecule has 1 aromatic heterocycles. The monoisotopic (exact) mass is 455 g/mol. The summed E-state index contributed by atoms with van der Waals surface area (Å²) >= 11 is 12.5. The van der Waals surface area contributed by atoms with Gasteiger partial charge in [-0.3, -0.25) is 4.79 Å².